The summed E-state index contributed by atoms with van der Waals surface area (Å²) in [6.45, 7) is 5.01. The predicted molar refractivity (Wildman–Crippen MR) is 136 cm³/mol. The number of halogens is 1. The van der Waals surface area contributed by atoms with Crippen molar-refractivity contribution in [1.29, 1.82) is 0 Å². The first-order chi connectivity index (χ1) is 14.0. The van der Waals surface area contributed by atoms with Gasteiger partial charge in [-0.3, -0.25) is 4.99 Å². The summed E-state index contributed by atoms with van der Waals surface area (Å²) in [7, 11) is 0.215. The summed E-state index contributed by atoms with van der Waals surface area (Å²) in [5.41, 5.74) is 1.15. The second-order valence-corrected chi connectivity index (χ2v) is 10.3. The van der Waals surface area contributed by atoms with Crippen molar-refractivity contribution in [3.8, 4) is 5.75 Å². The molecule has 11 heteroatoms. The van der Waals surface area contributed by atoms with E-state index in [1.54, 1.807) is 18.5 Å². The van der Waals surface area contributed by atoms with Gasteiger partial charge in [-0.25, -0.2) is 12.7 Å². The van der Waals surface area contributed by atoms with Crippen molar-refractivity contribution in [3.05, 3.63) is 24.3 Å². The van der Waals surface area contributed by atoms with E-state index in [4.69, 9.17) is 4.74 Å². The van der Waals surface area contributed by atoms with Gasteiger partial charge in [0.25, 0.3) is 0 Å². The van der Waals surface area contributed by atoms with E-state index in [1.165, 1.54) is 0 Å². The summed E-state index contributed by atoms with van der Waals surface area (Å²) in [6, 6.07) is 8.09. The highest BCUT2D eigenvalue weighted by Crippen LogP contribution is 2.22. The van der Waals surface area contributed by atoms with Crippen molar-refractivity contribution in [2.75, 3.05) is 82.1 Å². The Hall–Kier alpha value is -0.920. The summed E-state index contributed by atoms with van der Waals surface area (Å²) in [5.74, 6) is 3.48. The molecule has 0 spiro atoms. The van der Waals surface area contributed by atoms with Crippen LogP contribution in [0, 0.1) is 0 Å². The van der Waals surface area contributed by atoms with E-state index < -0.39 is 10.0 Å². The average Bonchev–Trinajstić information content (AvgIpc) is 2.77. The van der Waals surface area contributed by atoms with E-state index in [-0.39, 0.29) is 29.7 Å². The lowest BCUT2D eigenvalue weighted by Crippen LogP contribution is -2.53. The Balaban J connectivity index is 0.00000320. The number of aliphatic imine (C=N–C) groups is 1. The van der Waals surface area contributed by atoms with Gasteiger partial charge >= 0.3 is 0 Å². The van der Waals surface area contributed by atoms with Gasteiger partial charge in [-0.1, -0.05) is 6.07 Å². The first kappa shape index (κ1) is 25.3. The predicted octanol–water partition coefficient (Wildman–Crippen LogP) is 1.39. The van der Waals surface area contributed by atoms with Crippen LogP contribution in [0.2, 0.25) is 0 Å². The lowest BCUT2D eigenvalue weighted by Gasteiger charge is -2.37. The molecule has 2 fully saturated rings. The SMILES string of the molecule is CN=C(NCCS(=O)(=O)N1CCSCC1)N1CCN(c2cccc(OC)c2)CC1.I. The lowest BCUT2D eigenvalue weighted by molar-refractivity contribution is 0.372. The topological polar surface area (TPSA) is 77.5 Å². The van der Waals surface area contributed by atoms with Crippen molar-refractivity contribution >= 4 is 57.4 Å². The number of hydrogen-bond donors (Lipinski definition) is 1. The zero-order valence-corrected chi connectivity index (χ0v) is 21.6. The van der Waals surface area contributed by atoms with Crippen LogP contribution in [0.3, 0.4) is 0 Å². The highest BCUT2D eigenvalue weighted by molar-refractivity contribution is 14.0. The molecule has 0 saturated carbocycles. The van der Waals surface area contributed by atoms with E-state index in [0.29, 0.717) is 19.6 Å². The van der Waals surface area contributed by atoms with Crippen molar-refractivity contribution < 1.29 is 13.2 Å². The minimum absolute atomic E-state index is 0. The number of thioether (sulfide) groups is 1. The van der Waals surface area contributed by atoms with Crippen LogP contribution in [0.1, 0.15) is 0 Å². The van der Waals surface area contributed by atoms with Crippen molar-refractivity contribution in [3.63, 3.8) is 0 Å². The van der Waals surface area contributed by atoms with Crippen LogP contribution >= 0.6 is 35.7 Å². The number of methoxy groups -OCH3 is 1. The number of hydrogen-bond acceptors (Lipinski definition) is 6. The highest BCUT2D eigenvalue weighted by Gasteiger charge is 2.25. The van der Waals surface area contributed by atoms with E-state index in [9.17, 15) is 8.42 Å². The number of anilines is 1. The third kappa shape index (κ3) is 6.79. The number of sulfonamides is 1. The molecule has 3 rings (SSSR count). The molecule has 2 saturated heterocycles. The van der Waals surface area contributed by atoms with Gasteiger partial charge in [0.1, 0.15) is 5.75 Å². The van der Waals surface area contributed by atoms with Crippen molar-refractivity contribution in [2.45, 2.75) is 0 Å². The molecular formula is C19H32IN5O3S2. The zero-order chi connectivity index (χ0) is 20.7. The monoisotopic (exact) mass is 569 g/mol. The van der Waals surface area contributed by atoms with Gasteiger partial charge in [0, 0.05) is 76.1 Å². The molecule has 0 unspecified atom stereocenters. The number of nitrogens with zero attached hydrogens (tertiary/aromatic N) is 4. The molecule has 2 aliphatic rings. The Bertz CT molecular complexity index is 795. The molecule has 170 valence electrons. The van der Waals surface area contributed by atoms with Crippen molar-refractivity contribution in [1.82, 2.24) is 14.5 Å². The first-order valence-corrected chi connectivity index (χ1v) is 12.7. The maximum Gasteiger partial charge on any atom is 0.215 e. The molecule has 1 N–H and O–H groups in total. The molecule has 1 aromatic carbocycles. The Morgan fingerprint density at radius 1 is 1.17 bits per heavy atom. The third-order valence-corrected chi connectivity index (χ3v) is 8.03. The Labute approximate surface area is 201 Å². The minimum Gasteiger partial charge on any atom is -0.497 e. The fourth-order valence-electron chi connectivity index (χ4n) is 3.56. The summed E-state index contributed by atoms with van der Waals surface area (Å²) in [6.07, 6.45) is 0. The Morgan fingerprint density at radius 3 is 2.50 bits per heavy atom. The second-order valence-electron chi connectivity index (χ2n) is 6.98. The third-order valence-electron chi connectivity index (χ3n) is 5.22. The molecule has 0 atom stereocenters. The van der Waals surface area contributed by atoms with Gasteiger partial charge in [0.05, 0.1) is 12.9 Å². The van der Waals surface area contributed by atoms with Crippen LogP contribution in [0.25, 0.3) is 0 Å². The van der Waals surface area contributed by atoms with E-state index in [1.807, 2.05) is 30.0 Å². The molecule has 1 aromatic rings. The van der Waals surface area contributed by atoms with E-state index in [0.717, 1.165) is 55.1 Å². The van der Waals surface area contributed by atoms with E-state index in [2.05, 4.69) is 26.2 Å². The van der Waals surface area contributed by atoms with Crippen LogP contribution in [-0.4, -0.2) is 101 Å². The quantitative estimate of drug-likeness (QED) is 0.315. The van der Waals surface area contributed by atoms with Crippen molar-refractivity contribution in [2.24, 2.45) is 4.99 Å². The number of guanidine groups is 1. The molecule has 0 aromatic heterocycles. The Kier molecular flexibility index (Phi) is 10.3. The molecule has 8 nitrogen and oxygen atoms in total. The Morgan fingerprint density at radius 2 is 1.87 bits per heavy atom. The van der Waals surface area contributed by atoms with Crippen LogP contribution in [0.15, 0.2) is 29.3 Å². The van der Waals surface area contributed by atoms with Crippen LogP contribution in [0.5, 0.6) is 5.75 Å². The van der Waals surface area contributed by atoms with Gasteiger partial charge in [0.15, 0.2) is 5.96 Å². The van der Waals surface area contributed by atoms with Gasteiger partial charge in [-0.2, -0.15) is 11.8 Å². The van der Waals surface area contributed by atoms with Crippen LogP contribution in [0.4, 0.5) is 5.69 Å². The number of piperazine rings is 1. The number of nitrogens with one attached hydrogen (secondary N) is 1. The number of benzene rings is 1. The molecule has 0 radical (unpaired) electrons. The zero-order valence-electron chi connectivity index (χ0n) is 17.6. The smallest absolute Gasteiger partial charge is 0.215 e. The largest absolute Gasteiger partial charge is 0.497 e. The average molecular weight is 570 g/mol. The summed E-state index contributed by atoms with van der Waals surface area (Å²) >= 11 is 1.81. The lowest BCUT2D eigenvalue weighted by atomic mass is 10.2. The molecule has 2 heterocycles. The van der Waals surface area contributed by atoms with Crippen LogP contribution in [-0.2, 0) is 10.0 Å². The standard InChI is InChI=1S/C19H31N5O3S2.HI/c1-20-19(21-6-15-29(25,26)24-11-13-28-14-12-24)23-9-7-22(8-10-23)17-4-3-5-18(16-17)27-2;/h3-5,16H,6-15H2,1-2H3,(H,20,21);1H. The summed E-state index contributed by atoms with van der Waals surface area (Å²) in [5, 5.41) is 3.23. The van der Waals surface area contributed by atoms with Gasteiger partial charge in [-0.15, -0.1) is 24.0 Å². The fraction of sp³-hybridized carbons (Fsp3) is 0.632. The maximum atomic E-state index is 12.5. The van der Waals surface area contributed by atoms with Crippen LogP contribution < -0.4 is 15.0 Å². The highest BCUT2D eigenvalue weighted by atomic mass is 127. The molecule has 0 aliphatic carbocycles. The molecule has 30 heavy (non-hydrogen) atoms. The second kappa shape index (κ2) is 12.2. The minimum atomic E-state index is -3.21. The molecular weight excluding hydrogens is 537 g/mol. The fourth-order valence-corrected chi connectivity index (χ4v) is 6.05. The van der Waals surface area contributed by atoms with Gasteiger partial charge in [-0.05, 0) is 12.1 Å². The maximum absolute atomic E-state index is 12.5. The van der Waals surface area contributed by atoms with Gasteiger partial charge < -0.3 is 19.9 Å². The molecule has 0 amide bonds. The number of rotatable bonds is 6. The summed E-state index contributed by atoms with van der Waals surface area (Å²) in [4.78, 5) is 8.86. The molecule has 2 aliphatic heterocycles. The molecule has 0 bridgehead atoms. The summed E-state index contributed by atoms with van der Waals surface area (Å²) < 4.78 is 31.9. The first-order valence-electron chi connectivity index (χ1n) is 9.93. The number of ether oxygens (including phenoxy) is 1. The van der Waals surface area contributed by atoms with E-state index >= 15 is 0 Å². The normalized spacial score (nSPS) is 18.7. The van der Waals surface area contributed by atoms with Gasteiger partial charge in [0.2, 0.25) is 10.0 Å².